The van der Waals surface area contributed by atoms with E-state index in [1.54, 1.807) is 0 Å². The molecule has 0 spiro atoms. The van der Waals surface area contributed by atoms with Gasteiger partial charge in [-0.05, 0) is 39.4 Å². The first-order chi connectivity index (χ1) is 8.42. The SMILES string of the molecule is C=CCN(C)Cc1ncccc1CNC(C)(C)C. The molecule has 18 heavy (non-hydrogen) atoms. The predicted octanol–water partition coefficient (Wildman–Crippen LogP) is 2.59. The molecule has 1 aromatic heterocycles. The van der Waals surface area contributed by atoms with Gasteiger partial charge in [0.15, 0.2) is 0 Å². The Morgan fingerprint density at radius 1 is 1.44 bits per heavy atom. The largest absolute Gasteiger partial charge is 0.308 e. The van der Waals surface area contributed by atoms with Crippen LogP contribution in [0.15, 0.2) is 31.0 Å². The molecular weight excluding hydrogens is 222 g/mol. The van der Waals surface area contributed by atoms with E-state index in [-0.39, 0.29) is 5.54 Å². The molecule has 1 rings (SSSR count). The Morgan fingerprint density at radius 3 is 2.78 bits per heavy atom. The van der Waals surface area contributed by atoms with Gasteiger partial charge >= 0.3 is 0 Å². The van der Waals surface area contributed by atoms with Crippen molar-refractivity contribution in [2.24, 2.45) is 0 Å². The standard InChI is InChI=1S/C15H25N3/c1-6-10-18(5)12-14-13(8-7-9-16-14)11-17-15(2,3)4/h6-9,17H,1,10-12H2,2-5H3. The number of hydrogen-bond acceptors (Lipinski definition) is 3. The minimum absolute atomic E-state index is 0.125. The van der Waals surface area contributed by atoms with E-state index in [9.17, 15) is 0 Å². The summed E-state index contributed by atoms with van der Waals surface area (Å²) < 4.78 is 0. The molecule has 0 aromatic carbocycles. The summed E-state index contributed by atoms with van der Waals surface area (Å²) in [5.74, 6) is 0. The molecule has 1 aromatic rings. The maximum atomic E-state index is 4.49. The van der Waals surface area contributed by atoms with Gasteiger partial charge in [-0.2, -0.15) is 0 Å². The van der Waals surface area contributed by atoms with Gasteiger partial charge in [0, 0.05) is 31.4 Å². The second-order valence-corrected chi connectivity index (χ2v) is 5.70. The van der Waals surface area contributed by atoms with Crippen LogP contribution >= 0.6 is 0 Å². The van der Waals surface area contributed by atoms with Gasteiger partial charge in [-0.1, -0.05) is 12.1 Å². The highest BCUT2D eigenvalue weighted by Gasteiger charge is 2.11. The molecule has 0 aliphatic heterocycles. The summed E-state index contributed by atoms with van der Waals surface area (Å²) >= 11 is 0. The molecule has 0 aliphatic carbocycles. The molecule has 0 aliphatic rings. The Hall–Kier alpha value is -1.19. The summed E-state index contributed by atoms with van der Waals surface area (Å²) in [4.78, 5) is 6.69. The van der Waals surface area contributed by atoms with E-state index in [1.165, 1.54) is 5.56 Å². The average Bonchev–Trinajstić information content (AvgIpc) is 2.27. The fraction of sp³-hybridized carbons (Fsp3) is 0.533. The van der Waals surface area contributed by atoms with E-state index in [0.717, 1.165) is 25.3 Å². The van der Waals surface area contributed by atoms with Crippen molar-refractivity contribution in [2.75, 3.05) is 13.6 Å². The third-order valence-electron chi connectivity index (χ3n) is 2.65. The topological polar surface area (TPSA) is 28.2 Å². The second kappa shape index (κ2) is 6.66. The van der Waals surface area contributed by atoms with Gasteiger partial charge < -0.3 is 5.32 Å². The van der Waals surface area contributed by atoms with Crippen molar-refractivity contribution in [1.82, 2.24) is 15.2 Å². The van der Waals surface area contributed by atoms with Crippen molar-refractivity contribution in [2.45, 2.75) is 39.4 Å². The van der Waals surface area contributed by atoms with Crippen molar-refractivity contribution in [3.8, 4) is 0 Å². The van der Waals surface area contributed by atoms with E-state index in [0.29, 0.717) is 0 Å². The van der Waals surface area contributed by atoms with E-state index in [2.05, 4.69) is 55.7 Å². The van der Waals surface area contributed by atoms with Crippen LogP contribution in [-0.4, -0.2) is 29.0 Å². The molecular formula is C15H25N3. The van der Waals surface area contributed by atoms with Crippen LogP contribution in [0.5, 0.6) is 0 Å². The molecule has 0 saturated carbocycles. The molecule has 1 heterocycles. The first-order valence-corrected chi connectivity index (χ1v) is 6.39. The lowest BCUT2D eigenvalue weighted by molar-refractivity contribution is 0.355. The minimum Gasteiger partial charge on any atom is -0.308 e. The molecule has 1 N–H and O–H groups in total. The summed E-state index contributed by atoms with van der Waals surface area (Å²) in [5, 5.41) is 3.51. The lowest BCUT2D eigenvalue weighted by Gasteiger charge is -2.22. The Morgan fingerprint density at radius 2 is 2.17 bits per heavy atom. The van der Waals surface area contributed by atoms with Crippen LogP contribution in [0.2, 0.25) is 0 Å². The molecule has 3 nitrogen and oxygen atoms in total. The van der Waals surface area contributed by atoms with Gasteiger partial charge in [0.1, 0.15) is 0 Å². The highest BCUT2D eigenvalue weighted by atomic mass is 15.1. The van der Waals surface area contributed by atoms with Crippen molar-refractivity contribution in [1.29, 1.82) is 0 Å². The lowest BCUT2D eigenvalue weighted by atomic mass is 10.1. The minimum atomic E-state index is 0.125. The van der Waals surface area contributed by atoms with Crippen LogP contribution in [0.4, 0.5) is 0 Å². The van der Waals surface area contributed by atoms with Gasteiger partial charge in [-0.15, -0.1) is 6.58 Å². The van der Waals surface area contributed by atoms with Gasteiger partial charge in [0.2, 0.25) is 0 Å². The number of pyridine rings is 1. The Bertz CT molecular complexity index is 380. The summed E-state index contributed by atoms with van der Waals surface area (Å²) in [7, 11) is 2.08. The Kier molecular flexibility index (Phi) is 5.51. The van der Waals surface area contributed by atoms with E-state index in [1.807, 2.05) is 18.3 Å². The molecule has 0 atom stereocenters. The monoisotopic (exact) mass is 247 g/mol. The lowest BCUT2D eigenvalue weighted by Crippen LogP contribution is -2.35. The van der Waals surface area contributed by atoms with Crippen molar-refractivity contribution < 1.29 is 0 Å². The number of hydrogen-bond donors (Lipinski definition) is 1. The first-order valence-electron chi connectivity index (χ1n) is 6.39. The third kappa shape index (κ3) is 5.43. The predicted molar refractivity (Wildman–Crippen MR) is 77.4 cm³/mol. The summed E-state index contributed by atoms with van der Waals surface area (Å²) in [6.07, 6.45) is 3.77. The van der Waals surface area contributed by atoms with Gasteiger partial charge in [-0.25, -0.2) is 0 Å². The number of nitrogens with zero attached hydrogens (tertiary/aromatic N) is 2. The van der Waals surface area contributed by atoms with Crippen LogP contribution in [0.25, 0.3) is 0 Å². The fourth-order valence-corrected chi connectivity index (χ4v) is 1.68. The van der Waals surface area contributed by atoms with Crippen molar-refractivity contribution >= 4 is 0 Å². The number of nitrogens with one attached hydrogen (secondary N) is 1. The zero-order valence-electron chi connectivity index (χ0n) is 12.0. The average molecular weight is 247 g/mol. The van der Waals surface area contributed by atoms with Crippen LogP contribution in [-0.2, 0) is 13.1 Å². The normalized spacial score (nSPS) is 11.8. The van der Waals surface area contributed by atoms with Gasteiger partial charge in [-0.3, -0.25) is 9.88 Å². The third-order valence-corrected chi connectivity index (χ3v) is 2.65. The molecule has 0 bridgehead atoms. The van der Waals surface area contributed by atoms with E-state index in [4.69, 9.17) is 0 Å². The number of likely N-dealkylation sites (N-methyl/N-ethyl adjacent to an activating group) is 1. The smallest absolute Gasteiger partial charge is 0.0588 e. The zero-order valence-corrected chi connectivity index (χ0v) is 12.0. The van der Waals surface area contributed by atoms with Gasteiger partial charge in [0.25, 0.3) is 0 Å². The van der Waals surface area contributed by atoms with E-state index < -0.39 is 0 Å². The van der Waals surface area contributed by atoms with Crippen molar-refractivity contribution in [3.05, 3.63) is 42.2 Å². The Balaban J connectivity index is 2.70. The molecule has 100 valence electrons. The maximum absolute atomic E-state index is 4.49. The molecule has 0 saturated heterocycles. The van der Waals surface area contributed by atoms with Crippen LogP contribution in [0.3, 0.4) is 0 Å². The number of rotatable bonds is 6. The highest BCUT2D eigenvalue weighted by Crippen LogP contribution is 2.10. The van der Waals surface area contributed by atoms with Crippen LogP contribution in [0.1, 0.15) is 32.0 Å². The van der Waals surface area contributed by atoms with Crippen LogP contribution < -0.4 is 5.32 Å². The first kappa shape index (κ1) is 14.9. The summed E-state index contributed by atoms with van der Waals surface area (Å²) in [6, 6.07) is 4.14. The quantitative estimate of drug-likeness (QED) is 0.783. The van der Waals surface area contributed by atoms with Crippen molar-refractivity contribution in [3.63, 3.8) is 0 Å². The van der Waals surface area contributed by atoms with Crippen LogP contribution in [0, 0.1) is 0 Å². The highest BCUT2D eigenvalue weighted by molar-refractivity contribution is 5.19. The summed E-state index contributed by atoms with van der Waals surface area (Å²) in [5.41, 5.74) is 2.53. The molecule has 0 amide bonds. The molecule has 3 heteroatoms. The molecule has 0 fully saturated rings. The molecule has 0 unspecified atom stereocenters. The fourth-order valence-electron chi connectivity index (χ4n) is 1.68. The number of aromatic nitrogens is 1. The maximum Gasteiger partial charge on any atom is 0.0588 e. The second-order valence-electron chi connectivity index (χ2n) is 5.70. The van der Waals surface area contributed by atoms with E-state index >= 15 is 0 Å². The summed E-state index contributed by atoms with van der Waals surface area (Å²) in [6.45, 7) is 12.9. The Labute approximate surface area is 111 Å². The molecule has 0 radical (unpaired) electrons. The van der Waals surface area contributed by atoms with Gasteiger partial charge in [0.05, 0.1) is 5.69 Å². The zero-order chi connectivity index (χ0) is 13.6.